The van der Waals surface area contributed by atoms with Crippen LogP contribution in [0.1, 0.15) is 219 Å². The molecule has 2 nitrogen and oxygen atoms in total. The molecule has 0 aromatic heterocycles. The van der Waals surface area contributed by atoms with Crippen molar-refractivity contribution in [1.29, 1.82) is 0 Å². The molecular weight excluding hydrogens is 462 g/mol. The second-order valence-corrected chi connectivity index (χ2v) is 12.4. The Morgan fingerprint density at radius 3 is 0.868 bits per heavy atom. The minimum atomic E-state index is 0.706. The van der Waals surface area contributed by atoms with Gasteiger partial charge in [-0.15, -0.1) is 0 Å². The zero-order valence-electron chi connectivity index (χ0n) is 26.8. The molecule has 0 aromatic carbocycles. The predicted octanol–water partition coefficient (Wildman–Crippen LogP) is 13.1. The molecule has 0 amide bonds. The van der Waals surface area contributed by atoms with E-state index in [0.29, 0.717) is 6.54 Å². The van der Waals surface area contributed by atoms with Crippen molar-refractivity contribution in [3.8, 4) is 0 Å². The smallest absolute Gasteiger partial charge is 0.153 e. The van der Waals surface area contributed by atoms with E-state index in [0.717, 1.165) is 12.8 Å². The molecule has 0 bridgehead atoms. The Morgan fingerprint density at radius 1 is 0.342 bits per heavy atom. The summed E-state index contributed by atoms with van der Waals surface area (Å²) in [6.45, 7) is 5.29. The Morgan fingerprint density at radius 2 is 0.579 bits per heavy atom. The molecule has 0 saturated heterocycles. The van der Waals surface area contributed by atoms with E-state index >= 15 is 0 Å². The Kier molecular flexibility index (Phi) is 34.0. The Hall–Kier alpha value is -0.530. The standard InChI is InChI=1S/C36H73NO/c1-3-5-7-9-11-13-15-17-19-21-23-25-27-29-31-33-35-37(38)36-34-32-30-28-26-24-22-20-18-16-14-12-10-8-6-4-2/h35H,3-34,36H2,1-2H3. The van der Waals surface area contributed by atoms with Crippen LogP contribution in [-0.2, 0) is 0 Å². The van der Waals surface area contributed by atoms with Crippen LogP contribution in [0.25, 0.3) is 0 Å². The van der Waals surface area contributed by atoms with Crippen molar-refractivity contribution in [3.63, 3.8) is 0 Å². The van der Waals surface area contributed by atoms with Crippen LogP contribution in [0.2, 0.25) is 0 Å². The molecular formula is C36H73NO. The maximum Gasteiger partial charge on any atom is 0.153 e. The van der Waals surface area contributed by atoms with Crippen molar-refractivity contribution in [2.24, 2.45) is 0 Å². The summed E-state index contributed by atoms with van der Waals surface area (Å²) in [4.78, 5) is 0. The molecule has 228 valence electrons. The van der Waals surface area contributed by atoms with Crippen LogP contribution < -0.4 is 0 Å². The second-order valence-electron chi connectivity index (χ2n) is 12.4. The van der Waals surface area contributed by atoms with Crippen LogP contribution in [0, 0.1) is 5.21 Å². The molecule has 0 N–H and O–H groups in total. The van der Waals surface area contributed by atoms with E-state index in [-0.39, 0.29) is 0 Å². The molecule has 0 aliphatic rings. The lowest BCUT2D eigenvalue weighted by molar-refractivity contribution is -0.454. The number of rotatable bonds is 33. The maximum atomic E-state index is 12.0. The van der Waals surface area contributed by atoms with E-state index < -0.39 is 0 Å². The van der Waals surface area contributed by atoms with Gasteiger partial charge in [-0.1, -0.05) is 194 Å². The van der Waals surface area contributed by atoms with Crippen molar-refractivity contribution >= 4 is 6.21 Å². The fourth-order valence-electron chi connectivity index (χ4n) is 5.66. The molecule has 0 spiro atoms. The van der Waals surface area contributed by atoms with E-state index in [2.05, 4.69) is 13.8 Å². The third-order valence-corrected chi connectivity index (χ3v) is 8.37. The lowest BCUT2D eigenvalue weighted by Crippen LogP contribution is -2.06. The van der Waals surface area contributed by atoms with Gasteiger partial charge in [0.05, 0.1) is 0 Å². The summed E-state index contributed by atoms with van der Waals surface area (Å²) in [6, 6.07) is 0. The first-order valence-electron chi connectivity index (χ1n) is 18.1. The van der Waals surface area contributed by atoms with Crippen molar-refractivity contribution < 1.29 is 4.74 Å². The highest BCUT2D eigenvalue weighted by Crippen LogP contribution is 2.15. The van der Waals surface area contributed by atoms with E-state index in [1.165, 1.54) is 197 Å². The number of unbranched alkanes of at least 4 members (excludes halogenated alkanes) is 30. The summed E-state index contributed by atoms with van der Waals surface area (Å²) in [5.41, 5.74) is 0. The van der Waals surface area contributed by atoms with Crippen LogP contribution in [0.4, 0.5) is 0 Å². The lowest BCUT2D eigenvalue weighted by atomic mass is 10.0. The molecule has 0 unspecified atom stereocenters. The minimum Gasteiger partial charge on any atom is -0.624 e. The molecule has 0 rings (SSSR count). The fourth-order valence-corrected chi connectivity index (χ4v) is 5.66. The Balaban J connectivity index is 3.20. The highest BCUT2D eigenvalue weighted by molar-refractivity contribution is 5.50. The molecule has 38 heavy (non-hydrogen) atoms. The van der Waals surface area contributed by atoms with Crippen LogP contribution in [-0.4, -0.2) is 17.5 Å². The average molecular weight is 536 g/mol. The number of hydroxylamine groups is 1. The molecule has 0 heterocycles. The van der Waals surface area contributed by atoms with Crippen LogP contribution in [0.3, 0.4) is 0 Å². The SMILES string of the molecule is CCCCCCCCCCCCCCCCCC=[N+]([O-])CCCCCCCCCCCCCCCCCC. The number of hydrogen-bond acceptors (Lipinski definition) is 1. The van der Waals surface area contributed by atoms with Gasteiger partial charge in [0.15, 0.2) is 12.8 Å². The van der Waals surface area contributed by atoms with Gasteiger partial charge in [-0.2, -0.15) is 0 Å². The van der Waals surface area contributed by atoms with Gasteiger partial charge < -0.3 is 5.21 Å². The topological polar surface area (TPSA) is 26.1 Å². The van der Waals surface area contributed by atoms with Crippen molar-refractivity contribution in [2.45, 2.75) is 219 Å². The minimum absolute atomic E-state index is 0.706. The van der Waals surface area contributed by atoms with Gasteiger partial charge in [-0.3, -0.25) is 0 Å². The van der Waals surface area contributed by atoms with Gasteiger partial charge in [0, 0.05) is 12.8 Å². The highest BCUT2D eigenvalue weighted by atomic mass is 16.5. The van der Waals surface area contributed by atoms with Crippen LogP contribution in [0.15, 0.2) is 0 Å². The quantitative estimate of drug-likeness (QED) is 0.0270. The molecule has 0 aliphatic carbocycles. The summed E-state index contributed by atoms with van der Waals surface area (Å²) < 4.78 is 1.22. The summed E-state index contributed by atoms with van der Waals surface area (Å²) >= 11 is 0. The molecule has 0 aliphatic heterocycles. The average Bonchev–Trinajstić information content (AvgIpc) is 2.92. The van der Waals surface area contributed by atoms with Crippen LogP contribution >= 0.6 is 0 Å². The van der Waals surface area contributed by atoms with Gasteiger partial charge >= 0.3 is 0 Å². The normalized spacial score (nSPS) is 12.0. The summed E-state index contributed by atoms with van der Waals surface area (Å²) in [5.74, 6) is 0. The largest absolute Gasteiger partial charge is 0.624 e. The van der Waals surface area contributed by atoms with E-state index in [1.807, 2.05) is 6.21 Å². The monoisotopic (exact) mass is 536 g/mol. The van der Waals surface area contributed by atoms with Gasteiger partial charge in [0.1, 0.15) is 0 Å². The third-order valence-electron chi connectivity index (χ3n) is 8.37. The zero-order chi connectivity index (χ0) is 27.6. The van der Waals surface area contributed by atoms with Crippen molar-refractivity contribution in [3.05, 3.63) is 5.21 Å². The summed E-state index contributed by atoms with van der Waals surface area (Å²) in [7, 11) is 0. The van der Waals surface area contributed by atoms with E-state index in [9.17, 15) is 5.21 Å². The molecule has 2 heteroatoms. The maximum absolute atomic E-state index is 12.0. The van der Waals surface area contributed by atoms with Gasteiger partial charge in [-0.05, 0) is 12.8 Å². The Bertz CT molecular complexity index is 447. The first-order valence-corrected chi connectivity index (χ1v) is 18.1. The van der Waals surface area contributed by atoms with Crippen molar-refractivity contribution in [2.75, 3.05) is 6.54 Å². The molecule has 0 radical (unpaired) electrons. The van der Waals surface area contributed by atoms with E-state index in [4.69, 9.17) is 0 Å². The Labute approximate surface area is 241 Å². The van der Waals surface area contributed by atoms with Crippen LogP contribution in [0.5, 0.6) is 0 Å². The van der Waals surface area contributed by atoms with Gasteiger partial charge in [-0.25, -0.2) is 4.74 Å². The van der Waals surface area contributed by atoms with Gasteiger partial charge in [0.2, 0.25) is 0 Å². The predicted molar refractivity (Wildman–Crippen MR) is 174 cm³/mol. The van der Waals surface area contributed by atoms with E-state index in [1.54, 1.807) is 0 Å². The summed E-state index contributed by atoms with van der Waals surface area (Å²) in [5, 5.41) is 12.0. The number of nitrogens with zero attached hydrogens (tertiary/aromatic N) is 1. The molecule has 0 fully saturated rings. The summed E-state index contributed by atoms with van der Waals surface area (Å²) in [6.07, 6.45) is 46.0. The zero-order valence-corrected chi connectivity index (χ0v) is 26.8. The number of hydrogen-bond donors (Lipinski definition) is 0. The molecule has 0 atom stereocenters. The van der Waals surface area contributed by atoms with Crippen molar-refractivity contribution in [1.82, 2.24) is 0 Å². The molecule has 0 saturated carbocycles. The highest BCUT2D eigenvalue weighted by Gasteiger charge is 1.98. The lowest BCUT2D eigenvalue weighted by Gasteiger charge is -2.05. The molecule has 0 aromatic rings. The first-order chi connectivity index (χ1) is 18.8. The second kappa shape index (κ2) is 34.5. The van der Waals surface area contributed by atoms with Gasteiger partial charge in [0.25, 0.3) is 0 Å². The fraction of sp³-hybridized carbons (Fsp3) is 0.972. The first kappa shape index (κ1) is 37.5. The third kappa shape index (κ3) is 33.5.